The van der Waals surface area contributed by atoms with Crippen LogP contribution in [0.4, 0.5) is 10.2 Å². The number of benzene rings is 1. The second-order valence-corrected chi connectivity index (χ2v) is 5.75. The van der Waals surface area contributed by atoms with E-state index in [-0.39, 0.29) is 12.4 Å². The van der Waals surface area contributed by atoms with E-state index in [2.05, 4.69) is 15.3 Å². The Morgan fingerprint density at radius 2 is 2.27 bits per heavy atom. The molecule has 1 saturated heterocycles. The van der Waals surface area contributed by atoms with Gasteiger partial charge in [-0.15, -0.1) is 0 Å². The highest BCUT2D eigenvalue weighted by atomic mass is 35.5. The largest absolute Gasteiger partial charge is 0.381 e. The molecule has 0 aliphatic carbocycles. The molecule has 1 atom stereocenters. The highest BCUT2D eigenvalue weighted by Crippen LogP contribution is 2.26. The molecule has 116 valence electrons. The van der Waals surface area contributed by atoms with Gasteiger partial charge in [0.15, 0.2) is 0 Å². The molecule has 1 fully saturated rings. The minimum Gasteiger partial charge on any atom is -0.381 e. The first kappa shape index (κ1) is 15.2. The van der Waals surface area contributed by atoms with Crippen LogP contribution in [0.5, 0.6) is 0 Å². The number of aromatic nitrogens is 2. The van der Waals surface area contributed by atoms with Gasteiger partial charge in [-0.3, -0.25) is 0 Å². The number of rotatable bonds is 4. The third-order valence-corrected chi connectivity index (χ3v) is 4.07. The summed E-state index contributed by atoms with van der Waals surface area (Å²) >= 11 is 6.03. The molecule has 1 N–H and O–H groups in total. The number of ether oxygens (including phenoxy) is 1. The van der Waals surface area contributed by atoms with E-state index in [0.29, 0.717) is 34.8 Å². The van der Waals surface area contributed by atoms with E-state index in [1.54, 1.807) is 12.1 Å². The third-order valence-electron chi connectivity index (χ3n) is 3.71. The van der Waals surface area contributed by atoms with E-state index in [0.717, 1.165) is 18.7 Å². The van der Waals surface area contributed by atoms with Crippen LogP contribution in [0.15, 0.2) is 24.3 Å². The molecule has 3 rings (SSSR count). The molecule has 2 heterocycles. The summed E-state index contributed by atoms with van der Waals surface area (Å²) < 4.78 is 19.2. The van der Waals surface area contributed by atoms with Gasteiger partial charge in [-0.1, -0.05) is 17.7 Å². The number of anilines is 1. The Balaban J connectivity index is 1.77. The molecule has 22 heavy (non-hydrogen) atoms. The van der Waals surface area contributed by atoms with E-state index in [1.807, 2.05) is 13.0 Å². The van der Waals surface area contributed by atoms with Crippen LogP contribution in [0, 0.1) is 12.7 Å². The van der Waals surface area contributed by atoms with E-state index in [9.17, 15) is 4.39 Å². The predicted octanol–water partition coefficient (Wildman–Crippen LogP) is 3.69. The molecule has 0 amide bonds. The van der Waals surface area contributed by atoms with Crippen molar-refractivity contribution in [2.24, 2.45) is 0 Å². The topological polar surface area (TPSA) is 47.0 Å². The van der Waals surface area contributed by atoms with E-state index in [4.69, 9.17) is 16.3 Å². The fraction of sp³-hybridized carbons (Fsp3) is 0.375. The van der Waals surface area contributed by atoms with Crippen molar-refractivity contribution in [3.63, 3.8) is 0 Å². The third kappa shape index (κ3) is 3.36. The van der Waals surface area contributed by atoms with Gasteiger partial charge >= 0.3 is 0 Å². The van der Waals surface area contributed by atoms with Crippen LogP contribution in [0.25, 0.3) is 0 Å². The standard InChI is InChI=1S/C16H17ClFN3O/c1-10-20-15(11-5-6-22-9-11)7-16(21-10)19-8-12-13(17)3-2-4-14(12)18/h2-4,7,11H,5-6,8-9H2,1H3,(H,19,20,21). The smallest absolute Gasteiger partial charge is 0.130 e. The van der Waals surface area contributed by atoms with Crippen molar-refractivity contribution in [1.82, 2.24) is 9.97 Å². The molecule has 6 heteroatoms. The van der Waals surface area contributed by atoms with Gasteiger partial charge in [-0.05, 0) is 25.5 Å². The molecular formula is C16H17ClFN3O. The van der Waals surface area contributed by atoms with Crippen LogP contribution in [-0.2, 0) is 11.3 Å². The Bertz CT molecular complexity index is 654. The summed E-state index contributed by atoms with van der Waals surface area (Å²) in [5.41, 5.74) is 1.40. The zero-order valence-electron chi connectivity index (χ0n) is 12.3. The van der Waals surface area contributed by atoms with Crippen molar-refractivity contribution in [2.45, 2.75) is 25.8 Å². The Morgan fingerprint density at radius 1 is 1.41 bits per heavy atom. The second-order valence-electron chi connectivity index (χ2n) is 5.34. The molecule has 1 aliphatic heterocycles. The molecule has 0 radical (unpaired) electrons. The highest BCUT2D eigenvalue weighted by Gasteiger charge is 2.20. The van der Waals surface area contributed by atoms with Gasteiger partial charge in [0.25, 0.3) is 0 Å². The number of aryl methyl sites for hydroxylation is 1. The molecule has 1 aromatic carbocycles. The minimum absolute atomic E-state index is 0.280. The summed E-state index contributed by atoms with van der Waals surface area (Å²) in [6, 6.07) is 6.57. The van der Waals surface area contributed by atoms with Crippen molar-refractivity contribution < 1.29 is 9.13 Å². The van der Waals surface area contributed by atoms with Gasteiger partial charge in [0.2, 0.25) is 0 Å². The summed E-state index contributed by atoms with van der Waals surface area (Å²) in [6.07, 6.45) is 0.967. The molecule has 1 aliphatic rings. The van der Waals surface area contributed by atoms with Gasteiger partial charge in [0.05, 0.1) is 12.3 Å². The van der Waals surface area contributed by atoms with E-state index >= 15 is 0 Å². The Labute approximate surface area is 133 Å². The lowest BCUT2D eigenvalue weighted by atomic mass is 10.0. The van der Waals surface area contributed by atoms with Crippen molar-refractivity contribution in [3.05, 3.63) is 52.2 Å². The quantitative estimate of drug-likeness (QED) is 0.933. The van der Waals surface area contributed by atoms with Crippen LogP contribution >= 0.6 is 11.6 Å². The predicted molar refractivity (Wildman–Crippen MR) is 83.7 cm³/mol. The number of hydrogen-bond acceptors (Lipinski definition) is 4. The molecule has 0 spiro atoms. The average molecular weight is 322 g/mol. The lowest BCUT2D eigenvalue weighted by Crippen LogP contribution is -2.09. The first-order chi connectivity index (χ1) is 10.6. The Morgan fingerprint density at radius 3 is 3.00 bits per heavy atom. The van der Waals surface area contributed by atoms with Gasteiger partial charge in [0.1, 0.15) is 17.5 Å². The van der Waals surface area contributed by atoms with Crippen LogP contribution < -0.4 is 5.32 Å². The normalized spacial score (nSPS) is 17.7. The molecule has 0 saturated carbocycles. The van der Waals surface area contributed by atoms with Gasteiger partial charge in [-0.25, -0.2) is 14.4 Å². The Hall–Kier alpha value is -1.72. The summed E-state index contributed by atoms with van der Waals surface area (Å²) in [4.78, 5) is 8.83. The molecule has 1 unspecified atom stereocenters. The zero-order chi connectivity index (χ0) is 15.5. The lowest BCUT2D eigenvalue weighted by molar-refractivity contribution is 0.193. The summed E-state index contributed by atoms with van der Waals surface area (Å²) in [5, 5.41) is 3.54. The maximum atomic E-state index is 13.8. The fourth-order valence-corrected chi connectivity index (χ4v) is 2.77. The molecular weight excluding hydrogens is 305 g/mol. The first-order valence-electron chi connectivity index (χ1n) is 7.23. The maximum absolute atomic E-state index is 13.8. The minimum atomic E-state index is -0.324. The first-order valence-corrected chi connectivity index (χ1v) is 7.61. The van der Waals surface area contributed by atoms with Gasteiger partial charge in [0, 0.05) is 35.7 Å². The highest BCUT2D eigenvalue weighted by molar-refractivity contribution is 6.31. The number of hydrogen-bond donors (Lipinski definition) is 1. The molecule has 1 aromatic heterocycles. The number of nitrogens with one attached hydrogen (secondary N) is 1. The Kier molecular flexibility index (Phi) is 4.55. The van der Waals surface area contributed by atoms with Crippen molar-refractivity contribution in [1.29, 1.82) is 0 Å². The van der Waals surface area contributed by atoms with E-state index < -0.39 is 0 Å². The summed E-state index contributed by atoms with van der Waals surface area (Å²) in [5.74, 6) is 1.34. The zero-order valence-corrected chi connectivity index (χ0v) is 13.0. The molecule has 0 bridgehead atoms. The second kappa shape index (κ2) is 6.58. The fourth-order valence-electron chi connectivity index (χ4n) is 2.54. The molecule has 4 nitrogen and oxygen atoms in total. The van der Waals surface area contributed by atoms with Gasteiger partial charge in [-0.2, -0.15) is 0 Å². The SMILES string of the molecule is Cc1nc(NCc2c(F)cccc2Cl)cc(C2CCOC2)n1. The maximum Gasteiger partial charge on any atom is 0.130 e. The van der Waals surface area contributed by atoms with Gasteiger partial charge < -0.3 is 10.1 Å². The summed E-state index contributed by atoms with van der Waals surface area (Å²) in [7, 11) is 0. The van der Waals surface area contributed by atoms with Crippen LogP contribution in [0.1, 0.15) is 29.4 Å². The monoisotopic (exact) mass is 321 g/mol. The van der Waals surface area contributed by atoms with Crippen LogP contribution in [0.3, 0.4) is 0 Å². The number of halogens is 2. The molecule has 2 aromatic rings. The van der Waals surface area contributed by atoms with Crippen LogP contribution in [0.2, 0.25) is 5.02 Å². The van der Waals surface area contributed by atoms with E-state index in [1.165, 1.54) is 6.07 Å². The van der Waals surface area contributed by atoms with Crippen molar-refractivity contribution >= 4 is 17.4 Å². The number of nitrogens with zero attached hydrogens (tertiary/aromatic N) is 2. The van der Waals surface area contributed by atoms with Crippen molar-refractivity contribution in [2.75, 3.05) is 18.5 Å². The van der Waals surface area contributed by atoms with Crippen LogP contribution in [-0.4, -0.2) is 23.2 Å². The average Bonchev–Trinajstić information content (AvgIpc) is 3.00. The summed E-state index contributed by atoms with van der Waals surface area (Å²) in [6.45, 7) is 3.58. The lowest BCUT2D eigenvalue weighted by Gasteiger charge is -2.12. The van der Waals surface area contributed by atoms with Crippen molar-refractivity contribution in [3.8, 4) is 0 Å².